The van der Waals surface area contributed by atoms with Gasteiger partial charge < -0.3 is 9.47 Å². The fourth-order valence-corrected chi connectivity index (χ4v) is 1.93. The highest BCUT2D eigenvalue weighted by Crippen LogP contribution is 2.30. The summed E-state index contributed by atoms with van der Waals surface area (Å²) >= 11 is 2.05. The maximum absolute atomic E-state index is 11.0. The zero-order valence-corrected chi connectivity index (χ0v) is 10.6. The number of alkyl halides is 1. The summed E-state index contributed by atoms with van der Waals surface area (Å²) in [6, 6.07) is 0. The summed E-state index contributed by atoms with van der Waals surface area (Å²) in [5, 5.41) is 0. The van der Waals surface area contributed by atoms with Gasteiger partial charge in [0.15, 0.2) is 0 Å². The lowest BCUT2D eigenvalue weighted by molar-refractivity contribution is -0.205. The van der Waals surface area contributed by atoms with Crippen molar-refractivity contribution in [3.8, 4) is 0 Å². The van der Waals surface area contributed by atoms with E-state index in [9.17, 15) is 9.59 Å². The molecule has 0 fully saturated rings. The van der Waals surface area contributed by atoms with Crippen molar-refractivity contribution in [2.45, 2.75) is 23.6 Å². The van der Waals surface area contributed by atoms with Crippen molar-refractivity contribution in [3.63, 3.8) is 0 Å². The topological polar surface area (TPSA) is 52.6 Å². The van der Waals surface area contributed by atoms with Gasteiger partial charge >= 0.3 is 11.9 Å². The van der Waals surface area contributed by atoms with Gasteiger partial charge in [-0.15, -0.1) is 0 Å². The Kier molecular flexibility index (Phi) is 3.90. The maximum atomic E-state index is 11.0. The van der Waals surface area contributed by atoms with E-state index in [2.05, 4.69) is 0 Å². The Morgan fingerprint density at radius 1 is 1.20 bits per heavy atom. The van der Waals surface area contributed by atoms with E-state index in [-0.39, 0.29) is 3.92 Å². The number of carbonyl (C=O) groups is 2. The van der Waals surface area contributed by atoms with Gasteiger partial charge in [0, 0.05) is 19.9 Å². The van der Waals surface area contributed by atoms with Crippen LogP contribution in [0.1, 0.15) is 13.8 Å². The molecule has 0 saturated carbocycles. The molecule has 1 aliphatic carbocycles. The lowest BCUT2D eigenvalue weighted by atomic mass is 10.1. The van der Waals surface area contributed by atoms with E-state index in [1.54, 1.807) is 18.2 Å². The molecule has 0 heterocycles. The standard InChI is InChI=1S/C10H11IO4/c1-7(12)14-10(15-8(2)13)6-4-3-5-9(10)11/h3-6,9H,1-2H3. The number of allylic oxidation sites excluding steroid dienone is 2. The Bertz CT molecular complexity index is 316. The van der Waals surface area contributed by atoms with Gasteiger partial charge in [-0.3, -0.25) is 9.59 Å². The lowest BCUT2D eigenvalue weighted by Crippen LogP contribution is -2.45. The third kappa shape index (κ3) is 3.05. The maximum Gasteiger partial charge on any atom is 0.306 e. The molecule has 1 aliphatic rings. The van der Waals surface area contributed by atoms with Crippen molar-refractivity contribution in [3.05, 3.63) is 24.3 Å². The molecule has 5 heteroatoms. The highest BCUT2D eigenvalue weighted by atomic mass is 127. The van der Waals surface area contributed by atoms with Crippen LogP contribution >= 0.6 is 22.6 Å². The Morgan fingerprint density at radius 2 is 1.73 bits per heavy atom. The van der Waals surface area contributed by atoms with Crippen LogP contribution < -0.4 is 0 Å². The first-order chi connectivity index (χ1) is 6.96. The molecule has 0 saturated heterocycles. The second-order valence-electron chi connectivity index (χ2n) is 3.05. The first-order valence-corrected chi connectivity index (χ1v) is 5.60. The first-order valence-electron chi connectivity index (χ1n) is 4.35. The van der Waals surface area contributed by atoms with E-state index < -0.39 is 17.7 Å². The molecule has 82 valence electrons. The van der Waals surface area contributed by atoms with Crippen LogP contribution in [0, 0.1) is 0 Å². The summed E-state index contributed by atoms with van der Waals surface area (Å²) in [5.74, 6) is -2.27. The van der Waals surface area contributed by atoms with Crippen molar-refractivity contribution < 1.29 is 19.1 Å². The van der Waals surface area contributed by atoms with Gasteiger partial charge in [0.25, 0.3) is 5.79 Å². The molecule has 0 aliphatic heterocycles. The number of esters is 2. The SMILES string of the molecule is CC(=O)OC1(OC(C)=O)C=CC=CC1I. The average Bonchev–Trinajstić information content (AvgIpc) is 2.08. The molecule has 15 heavy (non-hydrogen) atoms. The van der Waals surface area contributed by atoms with Gasteiger partial charge in [-0.05, 0) is 0 Å². The third-order valence-electron chi connectivity index (χ3n) is 1.71. The molecular formula is C10H11IO4. The smallest absolute Gasteiger partial charge is 0.306 e. The lowest BCUT2D eigenvalue weighted by Gasteiger charge is -2.33. The third-order valence-corrected chi connectivity index (χ3v) is 2.99. The van der Waals surface area contributed by atoms with Gasteiger partial charge in [0.1, 0.15) is 3.92 Å². The van der Waals surface area contributed by atoms with Crippen molar-refractivity contribution in [2.24, 2.45) is 0 Å². The van der Waals surface area contributed by atoms with Crippen LogP contribution in [0.5, 0.6) is 0 Å². The molecular weight excluding hydrogens is 311 g/mol. The molecule has 0 N–H and O–H groups in total. The Hall–Kier alpha value is -0.850. The van der Waals surface area contributed by atoms with Crippen molar-refractivity contribution >= 4 is 34.5 Å². The normalized spacial score (nSPS) is 22.2. The molecule has 1 rings (SSSR count). The van der Waals surface area contributed by atoms with Crippen LogP contribution in [0.4, 0.5) is 0 Å². The predicted molar refractivity (Wildman–Crippen MR) is 62.4 cm³/mol. The van der Waals surface area contributed by atoms with Crippen molar-refractivity contribution in [2.75, 3.05) is 0 Å². The number of hydrogen-bond acceptors (Lipinski definition) is 4. The van der Waals surface area contributed by atoms with Gasteiger partial charge in [-0.2, -0.15) is 0 Å². The van der Waals surface area contributed by atoms with Gasteiger partial charge in [-0.1, -0.05) is 40.8 Å². The van der Waals surface area contributed by atoms with Crippen LogP contribution in [0.25, 0.3) is 0 Å². The highest BCUT2D eigenvalue weighted by Gasteiger charge is 2.41. The summed E-state index contributed by atoms with van der Waals surface area (Å²) in [6.07, 6.45) is 6.85. The number of carbonyl (C=O) groups excluding carboxylic acids is 2. The zero-order chi connectivity index (χ0) is 11.5. The Labute approximate surface area is 101 Å². The predicted octanol–water partition coefficient (Wildman–Crippen LogP) is 1.74. The first kappa shape index (κ1) is 12.2. The number of ether oxygens (including phenoxy) is 2. The minimum Gasteiger partial charge on any atom is -0.417 e. The Morgan fingerprint density at radius 3 is 2.13 bits per heavy atom. The molecule has 0 radical (unpaired) electrons. The van der Waals surface area contributed by atoms with Gasteiger partial charge in [0.2, 0.25) is 0 Å². The molecule has 1 unspecified atom stereocenters. The fourth-order valence-electron chi connectivity index (χ4n) is 1.23. The zero-order valence-electron chi connectivity index (χ0n) is 8.40. The molecule has 0 amide bonds. The molecule has 1 atom stereocenters. The summed E-state index contributed by atoms with van der Waals surface area (Å²) in [4.78, 5) is 21.9. The van der Waals surface area contributed by atoms with Crippen molar-refractivity contribution in [1.29, 1.82) is 0 Å². The summed E-state index contributed by atoms with van der Waals surface area (Å²) < 4.78 is 9.92. The van der Waals surface area contributed by atoms with Crippen LogP contribution in [0.2, 0.25) is 0 Å². The quantitative estimate of drug-likeness (QED) is 0.336. The van der Waals surface area contributed by atoms with Crippen molar-refractivity contribution in [1.82, 2.24) is 0 Å². The van der Waals surface area contributed by atoms with E-state index in [0.29, 0.717) is 0 Å². The molecule has 4 nitrogen and oxygen atoms in total. The summed E-state index contributed by atoms with van der Waals surface area (Å²) in [5.41, 5.74) is 0. The van der Waals surface area contributed by atoms with Crippen LogP contribution in [0.3, 0.4) is 0 Å². The molecule has 0 aromatic rings. The van der Waals surface area contributed by atoms with E-state index in [1.807, 2.05) is 28.7 Å². The average molecular weight is 322 g/mol. The summed E-state index contributed by atoms with van der Waals surface area (Å²) in [6.45, 7) is 2.56. The van der Waals surface area contributed by atoms with E-state index in [4.69, 9.17) is 9.47 Å². The highest BCUT2D eigenvalue weighted by molar-refractivity contribution is 14.1. The fraction of sp³-hybridized carbons (Fsp3) is 0.400. The van der Waals surface area contributed by atoms with Crippen LogP contribution in [-0.2, 0) is 19.1 Å². The number of halogens is 1. The largest absolute Gasteiger partial charge is 0.417 e. The van der Waals surface area contributed by atoms with Gasteiger partial charge in [0.05, 0.1) is 0 Å². The summed E-state index contributed by atoms with van der Waals surface area (Å²) in [7, 11) is 0. The Balaban J connectivity index is 2.94. The molecule has 0 aromatic heterocycles. The van der Waals surface area contributed by atoms with E-state index in [0.717, 1.165) is 0 Å². The molecule has 0 bridgehead atoms. The van der Waals surface area contributed by atoms with Crippen LogP contribution in [-0.4, -0.2) is 21.7 Å². The molecule has 0 aromatic carbocycles. The molecule has 0 spiro atoms. The van der Waals surface area contributed by atoms with Gasteiger partial charge in [-0.25, -0.2) is 0 Å². The van der Waals surface area contributed by atoms with E-state index in [1.165, 1.54) is 13.8 Å². The second-order valence-corrected chi connectivity index (χ2v) is 4.40. The number of rotatable bonds is 2. The minimum atomic E-state index is -1.30. The minimum absolute atomic E-state index is 0.229. The number of hydrogen-bond donors (Lipinski definition) is 0. The van der Waals surface area contributed by atoms with Crippen LogP contribution in [0.15, 0.2) is 24.3 Å². The monoisotopic (exact) mass is 322 g/mol. The van der Waals surface area contributed by atoms with E-state index >= 15 is 0 Å². The second kappa shape index (κ2) is 4.78.